The van der Waals surface area contributed by atoms with E-state index in [1.807, 2.05) is 0 Å². The first-order valence-electron chi connectivity index (χ1n) is 9.89. The van der Waals surface area contributed by atoms with E-state index in [1.54, 1.807) is 12.1 Å². The van der Waals surface area contributed by atoms with Crippen LogP contribution in [0.3, 0.4) is 0 Å². The second-order valence-corrected chi connectivity index (χ2v) is 10.7. The molecule has 4 heterocycles. The van der Waals surface area contributed by atoms with Crippen molar-refractivity contribution in [3.8, 4) is 10.4 Å². The van der Waals surface area contributed by atoms with Gasteiger partial charge in [0.05, 0.1) is 4.88 Å². The number of fused-ring (bicyclic) bond motifs is 3. The van der Waals surface area contributed by atoms with Crippen LogP contribution in [0.1, 0.15) is 29.4 Å². The number of halogens is 3. The number of alkyl halides is 3. The molecule has 3 aliphatic rings. The SMILES string of the molecule is C[C@H]1[C@H](NC(=O)c2ccc(-c3ccc(NS(=O)(=O)C(F)(F)F)cc3)s2)C2CCN1CC2. The van der Waals surface area contributed by atoms with Crippen molar-refractivity contribution in [2.24, 2.45) is 5.92 Å². The maximum absolute atomic E-state index is 12.8. The third-order valence-corrected chi connectivity index (χ3v) is 8.28. The first-order valence-corrected chi connectivity index (χ1v) is 12.2. The monoisotopic (exact) mass is 473 g/mol. The molecule has 2 atom stereocenters. The fraction of sp³-hybridized carbons (Fsp3) is 0.450. The highest BCUT2D eigenvalue weighted by Crippen LogP contribution is 2.34. The van der Waals surface area contributed by atoms with Gasteiger partial charge in [-0.2, -0.15) is 21.6 Å². The van der Waals surface area contributed by atoms with Gasteiger partial charge < -0.3 is 5.32 Å². The van der Waals surface area contributed by atoms with Gasteiger partial charge in [0.1, 0.15) is 0 Å². The average molecular weight is 474 g/mol. The van der Waals surface area contributed by atoms with Crippen LogP contribution in [-0.2, 0) is 10.0 Å². The van der Waals surface area contributed by atoms with Gasteiger partial charge in [0.15, 0.2) is 0 Å². The summed E-state index contributed by atoms with van der Waals surface area (Å²) in [7, 11) is -5.46. The molecular formula is C20H22F3N3O3S2. The van der Waals surface area contributed by atoms with Crippen molar-refractivity contribution >= 4 is 33.0 Å². The molecule has 0 saturated carbocycles. The first-order chi connectivity index (χ1) is 14.5. The van der Waals surface area contributed by atoms with E-state index in [4.69, 9.17) is 0 Å². The molecular weight excluding hydrogens is 451 g/mol. The molecule has 2 aromatic rings. The Labute approximate surface area is 182 Å². The van der Waals surface area contributed by atoms with Gasteiger partial charge in [0, 0.05) is 22.6 Å². The van der Waals surface area contributed by atoms with E-state index in [2.05, 4.69) is 17.1 Å². The molecule has 3 saturated heterocycles. The summed E-state index contributed by atoms with van der Waals surface area (Å²) in [4.78, 5) is 16.5. The van der Waals surface area contributed by atoms with Gasteiger partial charge in [0.25, 0.3) is 5.91 Å². The number of benzene rings is 1. The van der Waals surface area contributed by atoms with E-state index in [0.717, 1.165) is 30.8 Å². The smallest absolute Gasteiger partial charge is 0.347 e. The third kappa shape index (κ3) is 4.44. The molecule has 2 N–H and O–H groups in total. The lowest BCUT2D eigenvalue weighted by atomic mass is 9.79. The van der Waals surface area contributed by atoms with Crippen molar-refractivity contribution in [3.63, 3.8) is 0 Å². The lowest BCUT2D eigenvalue weighted by Gasteiger charge is -2.49. The number of amides is 1. The summed E-state index contributed by atoms with van der Waals surface area (Å²) in [5, 5.41) is 3.18. The second-order valence-electron chi connectivity index (χ2n) is 7.91. The van der Waals surface area contributed by atoms with Gasteiger partial charge in [-0.15, -0.1) is 11.3 Å². The summed E-state index contributed by atoms with van der Waals surface area (Å²) in [6.07, 6.45) is 2.19. The summed E-state index contributed by atoms with van der Waals surface area (Å²) in [6, 6.07) is 9.47. The van der Waals surface area contributed by atoms with Crippen LogP contribution in [0.2, 0.25) is 0 Å². The van der Waals surface area contributed by atoms with E-state index in [9.17, 15) is 26.4 Å². The van der Waals surface area contributed by atoms with Crippen molar-refractivity contribution in [3.05, 3.63) is 41.3 Å². The number of thiophene rings is 1. The predicted molar refractivity (Wildman–Crippen MR) is 113 cm³/mol. The fourth-order valence-corrected chi connectivity index (χ4v) is 5.78. The van der Waals surface area contributed by atoms with E-state index in [-0.39, 0.29) is 17.6 Å². The molecule has 3 fully saturated rings. The lowest BCUT2D eigenvalue weighted by molar-refractivity contribution is -0.0429. The molecule has 0 spiro atoms. The Hall–Kier alpha value is -2.11. The molecule has 1 amide bonds. The van der Waals surface area contributed by atoms with Gasteiger partial charge >= 0.3 is 15.5 Å². The van der Waals surface area contributed by atoms with Gasteiger partial charge in [-0.25, -0.2) is 0 Å². The normalized spacial score (nSPS) is 25.9. The molecule has 3 aliphatic heterocycles. The zero-order chi connectivity index (χ0) is 22.4. The molecule has 6 nitrogen and oxygen atoms in total. The van der Waals surface area contributed by atoms with Crippen molar-refractivity contribution < 1.29 is 26.4 Å². The Morgan fingerprint density at radius 2 is 1.74 bits per heavy atom. The zero-order valence-electron chi connectivity index (χ0n) is 16.6. The minimum atomic E-state index is -5.46. The third-order valence-electron chi connectivity index (χ3n) is 6.03. The van der Waals surface area contributed by atoms with Gasteiger partial charge in [-0.3, -0.25) is 14.4 Å². The Morgan fingerprint density at radius 1 is 1.10 bits per heavy atom. The molecule has 2 bridgehead atoms. The largest absolute Gasteiger partial charge is 0.516 e. The van der Waals surface area contributed by atoms with Crippen LogP contribution in [0, 0.1) is 5.92 Å². The van der Waals surface area contributed by atoms with Crippen molar-refractivity contribution in [2.75, 3.05) is 17.8 Å². The topological polar surface area (TPSA) is 78.5 Å². The summed E-state index contributed by atoms with van der Waals surface area (Å²) >= 11 is 1.28. The molecule has 11 heteroatoms. The number of hydrogen-bond donors (Lipinski definition) is 2. The summed E-state index contributed by atoms with van der Waals surface area (Å²) < 4.78 is 61.4. The lowest BCUT2D eigenvalue weighted by Crippen LogP contribution is -2.62. The van der Waals surface area contributed by atoms with Crippen LogP contribution in [-0.4, -0.2) is 49.9 Å². The highest BCUT2D eigenvalue weighted by Gasteiger charge is 2.46. The Balaban J connectivity index is 1.43. The maximum atomic E-state index is 12.8. The van der Waals surface area contributed by atoms with Crippen LogP contribution >= 0.6 is 11.3 Å². The summed E-state index contributed by atoms with van der Waals surface area (Å²) in [5.74, 6) is 0.368. The average Bonchev–Trinajstić information content (AvgIpc) is 3.21. The number of sulfonamides is 1. The first kappa shape index (κ1) is 22.1. The zero-order valence-corrected chi connectivity index (χ0v) is 18.3. The molecule has 168 valence electrons. The standard InChI is InChI=1S/C20H22F3N3O3S2/c1-12-18(14-8-10-26(12)11-9-14)24-19(27)17-7-6-16(30-17)13-2-4-15(5-3-13)25-31(28,29)20(21,22)23/h2-7,12,14,18,25H,8-11H2,1H3,(H,24,27)/t12-,18-/m0/s1. The van der Waals surface area contributed by atoms with E-state index in [1.165, 1.54) is 40.3 Å². The number of piperidine rings is 3. The van der Waals surface area contributed by atoms with Gasteiger partial charge in [0.2, 0.25) is 0 Å². The Morgan fingerprint density at radius 3 is 2.32 bits per heavy atom. The van der Waals surface area contributed by atoms with Crippen LogP contribution in [0.5, 0.6) is 0 Å². The maximum Gasteiger partial charge on any atom is 0.516 e. The summed E-state index contributed by atoms with van der Waals surface area (Å²) in [6.45, 7) is 4.30. The van der Waals surface area contributed by atoms with Crippen molar-refractivity contribution in [2.45, 2.75) is 37.4 Å². The quantitative estimate of drug-likeness (QED) is 0.691. The molecule has 31 heavy (non-hydrogen) atoms. The molecule has 5 rings (SSSR count). The Bertz CT molecular complexity index is 1060. The van der Waals surface area contributed by atoms with Gasteiger partial charge in [-0.1, -0.05) is 12.1 Å². The minimum absolute atomic E-state index is 0.126. The van der Waals surface area contributed by atoms with Crippen LogP contribution < -0.4 is 10.0 Å². The molecule has 1 aromatic heterocycles. The molecule has 0 radical (unpaired) electrons. The number of nitrogens with zero attached hydrogens (tertiary/aromatic N) is 1. The number of hydrogen-bond acceptors (Lipinski definition) is 5. The number of nitrogens with one attached hydrogen (secondary N) is 2. The molecule has 1 aromatic carbocycles. The van der Waals surface area contributed by atoms with Crippen LogP contribution in [0.4, 0.5) is 18.9 Å². The minimum Gasteiger partial charge on any atom is -0.347 e. The van der Waals surface area contributed by atoms with E-state index < -0.39 is 15.5 Å². The van der Waals surface area contributed by atoms with Crippen molar-refractivity contribution in [1.82, 2.24) is 10.2 Å². The number of carbonyl (C=O) groups excluding carboxylic acids is 1. The predicted octanol–water partition coefficient (Wildman–Crippen LogP) is 3.89. The molecule has 0 unspecified atom stereocenters. The van der Waals surface area contributed by atoms with E-state index >= 15 is 0 Å². The highest BCUT2D eigenvalue weighted by molar-refractivity contribution is 7.93. The molecule has 0 aliphatic carbocycles. The van der Waals surface area contributed by atoms with Crippen LogP contribution in [0.15, 0.2) is 36.4 Å². The van der Waals surface area contributed by atoms with E-state index in [0.29, 0.717) is 22.4 Å². The number of anilines is 1. The van der Waals surface area contributed by atoms with Crippen LogP contribution in [0.25, 0.3) is 10.4 Å². The highest BCUT2D eigenvalue weighted by atomic mass is 32.2. The number of rotatable bonds is 5. The van der Waals surface area contributed by atoms with Gasteiger partial charge in [-0.05, 0) is 68.6 Å². The fourth-order valence-electron chi connectivity index (χ4n) is 4.30. The summed E-state index contributed by atoms with van der Waals surface area (Å²) in [5.41, 5.74) is -4.89. The second kappa shape index (κ2) is 8.10. The Kier molecular flexibility index (Phi) is 5.78. The van der Waals surface area contributed by atoms with Crippen molar-refractivity contribution in [1.29, 1.82) is 0 Å². The number of carbonyl (C=O) groups is 1.